The number of rotatable bonds is 6. The van der Waals surface area contributed by atoms with Gasteiger partial charge in [0, 0.05) is 5.56 Å². The third-order valence-electron chi connectivity index (χ3n) is 3.13. The molecule has 2 aromatic carbocycles. The lowest BCUT2D eigenvalue weighted by Gasteiger charge is -2.11. The van der Waals surface area contributed by atoms with E-state index >= 15 is 0 Å². The first-order valence-corrected chi connectivity index (χ1v) is 8.76. The summed E-state index contributed by atoms with van der Waals surface area (Å²) in [6.07, 6.45) is 1.37. The van der Waals surface area contributed by atoms with E-state index in [0.29, 0.717) is 26.0 Å². The number of aromatic hydroxyl groups is 1. The van der Waals surface area contributed by atoms with Crippen molar-refractivity contribution < 1.29 is 19.4 Å². The van der Waals surface area contributed by atoms with Crippen LogP contribution in [0.1, 0.15) is 11.1 Å². The highest BCUT2D eigenvalue weighted by molar-refractivity contribution is 9.11. The first-order valence-electron chi connectivity index (χ1n) is 7.18. The Bertz CT molecular complexity index is 786. The number of hydrogen-bond acceptors (Lipinski definition) is 5. The number of hydrogen-bond donors (Lipinski definition) is 2. The zero-order chi connectivity index (χ0) is 18.4. The van der Waals surface area contributed by atoms with Gasteiger partial charge >= 0.3 is 0 Å². The van der Waals surface area contributed by atoms with Crippen LogP contribution in [-0.4, -0.2) is 30.9 Å². The topological polar surface area (TPSA) is 80.2 Å². The fourth-order valence-corrected chi connectivity index (χ4v) is 3.29. The third kappa shape index (κ3) is 5.47. The molecule has 0 aliphatic rings. The van der Waals surface area contributed by atoms with Gasteiger partial charge in [-0.3, -0.25) is 4.79 Å². The molecule has 0 fully saturated rings. The fraction of sp³-hybridized carbons (Fsp3) is 0.176. The van der Waals surface area contributed by atoms with E-state index in [-0.39, 0.29) is 12.4 Å². The molecule has 0 radical (unpaired) electrons. The second-order valence-electron chi connectivity index (χ2n) is 5.06. The van der Waals surface area contributed by atoms with Crippen molar-refractivity contribution in [3.63, 3.8) is 0 Å². The van der Waals surface area contributed by atoms with Crippen molar-refractivity contribution in [1.82, 2.24) is 5.43 Å². The van der Waals surface area contributed by atoms with Crippen molar-refractivity contribution in [1.29, 1.82) is 0 Å². The number of nitrogens with zero attached hydrogens (tertiary/aromatic N) is 1. The Morgan fingerprint density at radius 3 is 2.60 bits per heavy atom. The van der Waals surface area contributed by atoms with Crippen molar-refractivity contribution in [2.24, 2.45) is 5.10 Å². The lowest BCUT2D eigenvalue weighted by molar-refractivity contribution is -0.123. The van der Waals surface area contributed by atoms with Crippen LogP contribution in [0.4, 0.5) is 0 Å². The maximum Gasteiger partial charge on any atom is 0.277 e. The molecule has 25 heavy (non-hydrogen) atoms. The number of carbonyl (C=O) groups excluding carboxylic acids is 1. The highest BCUT2D eigenvalue weighted by Gasteiger charge is 2.11. The van der Waals surface area contributed by atoms with Gasteiger partial charge in [0.25, 0.3) is 5.91 Å². The molecular weight excluding hydrogens is 456 g/mol. The SMILES string of the molecule is COc1cc(Br)c(OCC(=O)NN=Cc2cc(C)ccc2O)c(Br)c1. The molecule has 6 nitrogen and oxygen atoms in total. The second kappa shape index (κ2) is 8.87. The molecule has 8 heteroatoms. The summed E-state index contributed by atoms with van der Waals surface area (Å²) < 4.78 is 11.9. The lowest BCUT2D eigenvalue weighted by Crippen LogP contribution is -2.24. The molecule has 0 aromatic heterocycles. The van der Waals surface area contributed by atoms with E-state index in [1.165, 1.54) is 6.21 Å². The summed E-state index contributed by atoms with van der Waals surface area (Å²) in [6.45, 7) is 1.68. The van der Waals surface area contributed by atoms with E-state index in [1.807, 2.05) is 6.92 Å². The number of hydrazone groups is 1. The van der Waals surface area contributed by atoms with Crippen molar-refractivity contribution in [3.8, 4) is 17.2 Å². The monoisotopic (exact) mass is 470 g/mol. The summed E-state index contributed by atoms with van der Waals surface area (Å²) in [4.78, 5) is 11.8. The number of halogens is 2. The first-order chi connectivity index (χ1) is 11.9. The summed E-state index contributed by atoms with van der Waals surface area (Å²) in [5, 5.41) is 13.5. The van der Waals surface area contributed by atoms with Gasteiger partial charge in [-0.2, -0.15) is 5.10 Å². The van der Waals surface area contributed by atoms with Gasteiger partial charge in [0.15, 0.2) is 6.61 Å². The molecular formula is C17H16Br2N2O4. The summed E-state index contributed by atoms with van der Waals surface area (Å²) >= 11 is 6.73. The van der Waals surface area contributed by atoms with Crippen LogP contribution in [0.15, 0.2) is 44.4 Å². The average Bonchev–Trinajstić information content (AvgIpc) is 2.57. The van der Waals surface area contributed by atoms with Gasteiger partial charge in [-0.25, -0.2) is 5.43 Å². The maximum absolute atomic E-state index is 11.8. The zero-order valence-electron chi connectivity index (χ0n) is 13.5. The summed E-state index contributed by atoms with van der Waals surface area (Å²) in [5.74, 6) is 0.790. The first kappa shape index (κ1) is 19.3. The molecule has 1 amide bonds. The second-order valence-corrected chi connectivity index (χ2v) is 6.77. The molecule has 2 N–H and O–H groups in total. The summed E-state index contributed by atoms with van der Waals surface area (Å²) in [5.41, 5.74) is 3.84. The van der Waals surface area contributed by atoms with Crippen LogP contribution >= 0.6 is 31.9 Å². The van der Waals surface area contributed by atoms with Gasteiger partial charge in [0.05, 0.1) is 22.3 Å². The number of carbonyl (C=O) groups is 1. The third-order valence-corrected chi connectivity index (χ3v) is 4.31. The van der Waals surface area contributed by atoms with E-state index in [2.05, 4.69) is 42.4 Å². The molecule has 0 atom stereocenters. The van der Waals surface area contributed by atoms with Crippen molar-refractivity contribution in [3.05, 3.63) is 50.4 Å². The standard InChI is InChI=1S/C17H16Br2N2O4/c1-10-3-4-15(22)11(5-10)8-20-21-16(23)9-25-17-13(18)6-12(24-2)7-14(17)19/h3-8,22H,9H2,1-2H3,(H,21,23). The summed E-state index contributed by atoms with van der Waals surface area (Å²) in [6, 6.07) is 8.57. The number of aryl methyl sites for hydroxylation is 1. The molecule has 0 spiro atoms. The van der Waals surface area contributed by atoms with Gasteiger partial charge in [0.2, 0.25) is 0 Å². The largest absolute Gasteiger partial charge is 0.507 e. The number of phenols is 1. The molecule has 2 aromatic rings. The van der Waals surface area contributed by atoms with Gasteiger partial charge in [-0.05, 0) is 63.0 Å². The van der Waals surface area contributed by atoms with Crippen LogP contribution in [0, 0.1) is 6.92 Å². The highest BCUT2D eigenvalue weighted by Crippen LogP contribution is 2.37. The normalized spacial score (nSPS) is 10.7. The zero-order valence-corrected chi connectivity index (χ0v) is 16.7. The van der Waals surface area contributed by atoms with Gasteiger partial charge in [0.1, 0.15) is 17.2 Å². The minimum Gasteiger partial charge on any atom is -0.507 e. The summed E-state index contributed by atoms with van der Waals surface area (Å²) in [7, 11) is 1.56. The number of phenolic OH excluding ortho intramolecular Hbond substituents is 1. The molecule has 0 aliphatic carbocycles. The highest BCUT2D eigenvalue weighted by atomic mass is 79.9. The molecule has 0 unspecified atom stereocenters. The van der Waals surface area contributed by atoms with E-state index < -0.39 is 5.91 Å². The van der Waals surface area contributed by atoms with Crippen molar-refractivity contribution in [2.75, 3.05) is 13.7 Å². The van der Waals surface area contributed by atoms with E-state index in [9.17, 15) is 9.90 Å². The Kier molecular flexibility index (Phi) is 6.83. The fourth-order valence-electron chi connectivity index (χ4n) is 1.91. The molecule has 0 saturated heterocycles. The smallest absolute Gasteiger partial charge is 0.277 e. The van der Waals surface area contributed by atoms with Crippen LogP contribution in [-0.2, 0) is 4.79 Å². The van der Waals surface area contributed by atoms with E-state index in [1.54, 1.807) is 37.4 Å². The number of amides is 1. The lowest BCUT2D eigenvalue weighted by atomic mass is 10.1. The van der Waals surface area contributed by atoms with Gasteiger partial charge < -0.3 is 14.6 Å². The minimum absolute atomic E-state index is 0.0888. The van der Waals surface area contributed by atoms with Crippen molar-refractivity contribution in [2.45, 2.75) is 6.92 Å². The molecule has 0 aliphatic heterocycles. The number of methoxy groups -OCH3 is 1. The molecule has 2 rings (SSSR count). The van der Waals surface area contributed by atoms with Crippen LogP contribution in [0.5, 0.6) is 17.2 Å². The molecule has 0 saturated carbocycles. The Morgan fingerprint density at radius 2 is 1.96 bits per heavy atom. The quantitative estimate of drug-likeness (QED) is 0.496. The van der Waals surface area contributed by atoms with E-state index in [0.717, 1.165) is 5.56 Å². The molecule has 132 valence electrons. The van der Waals surface area contributed by atoms with Crippen LogP contribution in [0.25, 0.3) is 0 Å². The molecule has 0 bridgehead atoms. The number of nitrogens with one attached hydrogen (secondary N) is 1. The number of ether oxygens (including phenoxy) is 2. The Hall–Kier alpha value is -2.06. The average molecular weight is 472 g/mol. The predicted molar refractivity (Wildman–Crippen MR) is 102 cm³/mol. The Morgan fingerprint density at radius 1 is 1.28 bits per heavy atom. The Labute approximate surface area is 162 Å². The minimum atomic E-state index is -0.432. The number of benzene rings is 2. The van der Waals surface area contributed by atoms with Gasteiger partial charge in [-0.15, -0.1) is 0 Å². The van der Waals surface area contributed by atoms with Crippen LogP contribution < -0.4 is 14.9 Å². The van der Waals surface area contributed by atoms with E-state index in [4.69, 9.17) is 9.47 Å². The van der Waals surface area contributed by atoms with Crippen molar-refractivity contribution >= 4 is 44.0 Å². The van der Waals surface area contributed by atoms with Crippen LogP contribution in [0.3, 0.4) is 0 Å². The van der Waals surface area contributed by atoms with Crippen LogP contribution in [0.2, 0.25) is 0 Å². The predicted octanol–water partition coefficient (Wildman–Crippen LogP) is 3.76. The Balaban J connectivity index is 1.93. The molecule has 0 heterocycles. The van der Waals surface area contributed by atoms with Gasteiger partial charge in [-0.1, -0.05) is 11.6 Å². The maximum atomic E-state index is 11.8.